The summed E-state index contributed by atoms with van der Waals surface area (Å²) in [6, 6.07) is 0. The Labute approximate surface area is 99.7 Å². The molecule has 2 bridgehead atoms. The molecular formula is C14H26O2. The van der Waals surface area contributed by atoms with Gasteiger partial charge < -0.3 is 9.47 Å². The van der Waals surface area contributed by atoms with E-state index in [1.54, 1.807) is 0 Å². The van der Waals surface area contributed by atoms with Crippen LogP contribution in [0.3, 0.4) is 0 Å². The summed E-state index contributed by atoms with van der Waals surface area (Å²) in [4.78, 5) is 0. The Morgan fingerprint density at radius 3 is 1.44 bits per heavy atom. The number of fused-ring (bicyclic) bond motifs is 2. The van der Waals surface area contributed by atoms with Crippen LogP contribution in [0, 0.1) is 22.7 Å². The lowest BCUT2D eigenvalue weighted by atomic mass is 9.62. The lowest BCUT2D eigenvalue weighted by Gasteiger charge is -2.40. The standard InChI is InChI=1S/C14H26O2/c1-13(2,3)11-9-7-15-8-10(16-9)12(11)14(4,5)6/h9-12H,7-8H2,1-6H3. The Morgan fingerprint density at radius 2 is 1.12 bits per heavy atom. The van der Waals surface area contributed by atoms with Gasteiger partial charge in [-0.25, -0.2) is 0 Å². The second kappa shape index (κ2) is 3.71. The molecule has 0 amide bonds. The molecule has 2 heteroatoms. The first kappa shape index (κ1) is 12.4. The zero-order valence-electron chi connectivity index (χ0n) is 11.5. The molecule has 2 aliphatic heterocycles. The van der Waals surface area contributed by atoms with E-state index >= 15 is 0 Å². The molecule has 94 valence electrons. The highest BCUT2D eigenvalue weighted by Gasteiger charge is 2.55. The fourth-order valence-corrected chi connectivity index (χ4v) is 3.64. The van der Waals surface area contributed by atoms with Crippen LogP contribution in [0.4, 0.5) is 0 Å². The average Bonchev–Trinajstić information content (AvgIpc) is 2.35. The normalized spacial score (nSPS) is 40.1. The predicted octanol–water partition coefficient (Wildman–Crippen LogP) is 3.11. The molecule has 0 N–H and O–H groups in total. The fourth-order valence-electron chi connectivity index (χ4n) is 3.64. The van der Waals surface area contributed by atoms with Crippen molar-refractivity contribution in [1.29, 1.82) is 0 Å². The van der Waals surface area contributed by atoms with Crippen molar-refractivity contribution >= 4 is 0 Å². The van der Waals surface area contributed by atoms with E-state index in [2.05, 4.69) is 41.5 Å². The van der Waals surface area contributed by atoms with Crippen molar-refractivity contribution in [3.8, 4) is 0 Å². The molecule has 0 aromatic rings. The van der Waals surface area contributed by atoms with Gasteiger partial charge in [-0.2, -0.15) is 0 Å². The van der Waals surface area contributed by atoms with Crippen molar-refractivity contribution in [2.24, 2.45) is 22.7 Å². The van der Waals surface area contributed by atoms with Crippen molar-refractivity contribution in [3.05, 3.63) is 0 Å². The third-order valence-corrected chi connectivity index (χ3v) is 4.10. The summed E-state index contributed by atoms with van der Waals surface area (Å²) in [6.45, 7) is 15.6. The lowest BCUT2D eigenvalue weighted by Crippen LogP contribution is -2.40. The number of rotatable bonds is 0. The second-order valence-electron chi connectivity index (χ2n) is 7.53. The van der Waals surface area contributed by atoms with Crippen LogP contribution in [0.2, 0.25) is 0 Å². The maximum atomic E-state index is 6.15. The van der Waals surface area contributed by atoms with Gasteiger partial charge in [-0.3, -0.25) is 0 Å². The van der Waals surface area contributed by atoms with Gasteiger partial charge in [0.2, 0.25) is 0 Å². The molecule has 2 heterocycles. The van der Waals surface area contributed by atoms with Crippen molar-refractivity contribution in [3.63, 3.8) is 0 Å². The topological polar surface area (TPSA) is 18.5 Å². The highest BCUT2D eigenvalue weighted by Crippen LogP contribution is 2.52. The highest BCUT2D eigenvalue weighted by atomic mass is 16.6. The number of ether oxygens (including phenoxy) is 2. The summed E-state index contributed by atoms with van der Waals surface area (Å²) in [5, 5.41) is 0. The van der Waals surface area contributed by atoms with Gasteiger partial charge in [0.25, 0.3) is 0 Å². The van der Waals surface area contributed by atoms with Crippen LogP contribution in [0.15, 0.2) is 0 Å². The molecule has 0 radical (unpaired) electrons. The molecule has 2 aliphatic rings. The van der Waals surface area contributed by atoms with Crippen LogP contribution in [0.1, 0.15) is 41.5 Å². The van der Waals surface area contributed by atoms with E-state index in [1.165, 1.54) is 0 Å². The van der Waals surface area contributed by atoms with Gasteiger partial charge in [-0.05, 0) is 22.7 Å². The van der Waals surface area contributed by atoms with Crippen molar-refractivity contribution in [2.45, 2.75) is 53.8 Å². The van der Waals surface area contributed by atoms with Gasteiger partial charge in [0.1, 0.15) is 0 Å². The molecule has 2 fully saturated rings. The lowest BCUT2D eigenvalue weighted by molar-refractivity contribution is -0.115. The summed E-state index contributed by atoms with van der Waals surface area (Å²) in [7, 11) is 0. The van der Waals surface area contributed by atoms with Gasteiger partial charge in [-0.1, -0.05) is 41.5 Å². The van der Waals surface area contributed by atoms with Crippen molar-refractivity contribution in [1.82, 2.24) is 0 Å². The third-order valence-electron chi connectivity index (χ3n) is 4.10. The summed E-state index contributed by atoms with van der Waals surface area (Å²) in [5.74, 6) is 1.22. The first-order valence-corrected chi connectivity index (χ1v) is 6.44. The zero-order valence-corrected chi connectivity index (χ0v) is 11.5. The zero-order chi connectivity index (χ0) is 12.1. The minimum absolute atomic E-state index is 0.297. The van der Waals surface area contributed by atoms with Gasteiger partial charge in [0.15, 0.2) is 0 Å². The largest absolute Gasteiger partial charge is 0.376 e. The number of hydrogen-bond donors (Lipinski definition) is 0. The molecule has 0 spiro atoms. The van der Waals surface area contributed by atoms with Gasteiger partial charge >= 0.3 is 0 Å². The molecule has 16 heavy (non-hydrogen) atoms. The van der Waals surface area contributed by atoms with Crippen LogP contribution in [0.5, 0.6) is 0 Å². The Hall–Kier alpha value is -0.0800. The summed E-state index contributed by atoms with van der Waals surface area (Å²) < 4.78 is 11.8. The molecule has 4 atom stereocenters. The van der Waals surface area contributed by atoms with Crippen molar-refractivity contribution in [2.75, 3.05) is 13.2 Å². The smallest absolute Gasteiger partial charge is 0.0850 e. The van der Waals surface area contributed by atoms with Crippen LogP contribution in [-0.4, -0.2) is 25.4 Å². The van der Waals surface area contributed by atoms with Gasteiger partial charge in [0.05, 0.1) is 25.4 Å². The summed E-state index contributed by atoms with van der Waals surface area (Å²) in [5.41, 5.74) is 0.593. The van der Waals surface area contributed by atoms with E-state index in [-0.39, 0.29) is 0 Å². The Kier molecular flexibility index (Phi) is 2.87. The Morgan fingerprint density at radius 1 is 0.750 bits per heavy atom. The highest BCUT2D eigenvalue weighted by molar-refractivity contribution is 5.01. The predicted molar refractivity (Wildman–Crippen MR) is 65.4 cm³/mol. The minimum Gasteiger partial charge on any atom is -0.376 e. The van der Waals surface area contributed by atoms with E-state index < -0.39 is 0 Å². The van der Waals surface area contributed by atoms with Crippen LogP contribution in [0.25, 0.3) is 0 Å². The van der Waals surface area contributed by atoms with Crippen LogP contribution in [-0.2, 0) is 9.47 Å². The Bertz CT molecular complexity index is 233. The molecule has 2 rings (SSSR count). The van der Waals surface area contributed by atoms with E-state index in [0.29, 0.717) is 34.9 Å². The maximum Gasteiger partial charge on any atom is 0.0850 e. The first-order chi connectivity index (χ1) is 7.21. The van der Waals surface area contributed by atoms with Crippen LogP contribution < -0.4 is 0 Å². The average molecular weight is 226 g/mol. The maximum absolute atomic E-state index is 6.15. The molecule has 0 aromatic carbocycles. The Balaban J connectivity index is 2.32. The number of hydrogen-bond acceptors (Lipinski definition) is 2. The molecule has 0 aromatic heterocycles. The third kappa shape index (κ3) is 2.02. The molecule has 0 saturated carbocycles. The SMILES string of the molecule is CC(C)(C)C1C2COCC(O2)C1C(C)(C)C. The van der Waals surface area contributed by atoms with E-state index in [0.717, 1.165) is 13.2 Å². The molecule has 2 saturated heterocycles. The van der Waals surface area contributed by atoms with Crippen LogP contribution >= 0.6 is 0 Å². The quantitative estimate of drug-likeness (QED) is 0.632. The molecule has 4 unspecified atom stereocenters. The second-order valence-corrected chi connectivity index (χ2v) is 7.53. The monoisotopic (exact) mass is 226 g/mol. The van der Waals surface area contributed by atoms with E-state index in [4.69, 9.17) is 9.47 Å². The van der Waals surface area contributed by atoms with Crippen molar-refractivity contribution < 1.29 is 9.47 Å². The molecule has 0 aliphatic carbocycles. The minimum atomic E-state index is 0.297. The van der Waals surface area contributed by atoms with E-state index in [9.17, 15) is 0 Å². The first-order valence-electron chi connectivity index (χ1n) is 6.44. The summed E-state index contributed by atoms with van der Waals surface area (Å²) in [6.07, 6.45) is 0.617. The summed E-state index contributed by atoms with van der Waals surface area (Å²) >= 11 is 0. The van der Waals surface area contributed by atoms with E-state index in [1.807, 2.05) is 0 Å². The van der Waals surface area contributed by atoms with Gasteiger partial charge in [-0.15, -0.1) is 0 Å². The fraction of sp³-hybridized carbons (Fsp3) is 1.00. The van der Waals surface area contributed by atoms with Gasteiger partial charge in [0, 0.05) is 0 Å². The molecular weight excluding hydrogens is 200 g/mol. The molecule has 2 nitrogen and oxygen atoms in total.